The fourth-order valence-electron chi connectivity index (χ4n) is 6.42. The van der Waals surface area contributed by atoms with E-state index in [1.165, 1.54) is 26.0 Å². The van der Waals surface area contributed by atoms with Crippen LogP contribution < -0.4 is 4.74 Å². The fraction of sp³-hybridized carbons (Fsp3) is 0.559. The summed E-state index contributed by atoms with van der Waals surface area (Å²) >= 11 is 0. The molecule has 5 rings (SSSR count). The Labute approximate surface area is 252 Å². The molecular weight excluding hydrogens is 559 g/mol. The number of hydrogen-bond acceptors (Lipinski definition) is 6. The van der Waals surface area contributed by atoms with Crippen LogP contribution in [0.2, 0.25) is 0 Å². The molecule has 9 heteroatoms. The first kappa shape index (κ1) is 31.5. The Bertz CT molecular complexity index is 1320. The van der Waals surface area contributed by atoms with Crippen LogP contribution in [0.25, 0.3) is 5.57 Å². The molecule has 0 bridgehead atoms. The minimum atomic E-state index is -1.54. The Balaban J connectivity index is 1.20. The number of fused-ring (bicyclic) bond motifs is 2. The predicted molar refractivity (Wildman–Crippen MR) is 157 cm³/mol. The summed E-state index contributed by atoms with van der Waals surface area (Å²) in [4.78, 5) is 13.3. The van der Waals surface area contributed by atoms with Gasteiger partial charge in [-0.2, -0.15) is 0 Å². The molecule has 43 heavy (non-hydrogen) atoms. The number of nitrogens with zero attached hydrogens (tertiary/aromatic N) is 1. The normalized spacial score (nSPS) is 23.2. The lowest BCUT2D eigenvalue weighted by Gasteiger charge is -2.44. The highest BCUT2D eigenvalue weighted by atomic mass is 19.1. The number of alkyl halides is 1. The lowest BCUT2D eigenvalue weighted by molar-refractivity contribution is -0.148. The van der Waals surface area contributed by atoms with E-state index in [2.05, 4.69) is 6.07 Å². The highest BCUT2D eigenvalue weighted by Gasteiger charge is 2.43. The molecule has 1 aliphatic heterocycles. The van der Waals surface area contributed by atoms with Crippen molar-refractivity contribution in [1.29, 1.82) is 0 Å². The third-order valence-electron chi connectivity index (χ3n) is 8.48. The number of halogens is 3. The summed E-state index contributed by atoms with van der Waals surface area (Å²) in [5.74, 6) is -0.989. The van der Waals surface area contributed by atoms with Gasteiger partial charge in [-0.15, -0.1) is 0 Å². The second kappa shape index (κ2) is 13.4. The van der Waals surface area contributed by atoms with Gasteiger partial charge in [0, 0.05) is 36.9 Å². The third-order valence-corrected chi connectivity index (χ3v) is 8.48. The number of carbonyl (C=O) groups is 1. The second-order valence-corrected chi connectivity index (χ2v) is 12.5. The Morgan fingerprint density at radius 3 is 2.44 bits per heavy atom. The molecule has 4 atom stereocenters. The molecule has 0 aromatic heterocycles. The molecule has 0 amide bonds. The average molecular weight is 602 g/mol. The minimum Gasteiger partial charge on any atom is -0.491 e. The number of esters is 1. The first-order valence-corrected chi connectivity index (χ1v) is 15.2. The van der Waals surface area contributed by atoms with Crippen LogP contribution in [0.15, 0.2) is 42.0 Å². The van der Waals surface area contributed by atoms with E-state index in [4.69, 9.17) is 18.9 Å². The highest BCUT2D eigenvalue weighted by Crippen LogP contribution is 2.50. The molecule has 0 saturated heterocycles. The van der Waals surface area contributed by atoms with Gasteiger partial charge in [-0.1, -0.05) is 24.3 Å². The van der Waals surface area contributed by atoms with Crippen LogP contribution in [0.1, 0.15) is 63.3 Å². The van der Waals surface area contributed by atoms with Crippen LogP contribution in [0.4, 0.5) is 13.2 Å². The van der Waals surface area contributed by atoms with E-state index in [0.717, 1.165) is 28.7 Å². The first-order chi connectivity index (χ1) is 20.6. The quantitative estimate of drug-likeness (QED) is 0.183. The van der Waals surface area contributed by atoms with Gasteiger partial charge in [0.2, 0.25) is 0 Å². The van der Waals surface area contributed by atoms with E-state index in [0.29, 0.717) is 44.5 Å². The first-order valence-electron chi connectivity index (χ1n) is 15.2. The molecule has 1 fully saturated rings. The van der Waals surface area contributed by atoms with E-state index >= 15 is 8.78 Å². The topological polar surface area (TPSA) is 57.2 Å². The second-order valence-electron chi connectivity index (χ2n) is 12.5. The molecule has 234 valence electrons. The lowest BCUT2D eigenvalue weighted by Crippen LogP contribution is -2.47. The standard InChI is InChI=1S/C34H42F3NO5/c1-5-42-31(39)19-41-18-24-13-23(24)17-40-10-11-43-25-15-29(35)32(30(36)16-25)33-28-14-22-8-6-7-9-26(22)27(28)12-21(2)38(33)20-34(3,4)37/h6-9,15-16,21,23-24,33H,5,10-14,17-20H2,1-4H3/t21-,23-,24+,33+/m1/s1. The van der Waals surface area contributed by atoms with Crippen molar-refractivity contribution in [3.8, 4) is 5.75 Å². The third kappa shape index (κ3) is 7.62. The van der Waals surface area contributed by atoms with E-state index < -0.39 is 23.3 Å². The molecule has 2 aromatic carbocycles. The van der Waals surface area contributed by atoms with E-state index in [1.807, 2.05) is 30.0 Å². The average Bonchev–Trinajstić information content (AvgIpc) is 3.58. The number of hydrogen-bond donors (Lipinski definition) is 0. The zero-order valence-corrected chi connectivity index (χ0v) is 25.5. The Morgan fingerprint density at radius 1 is 1.05 bits per heavy atom. The van der Waals surface area contributed by atoms with Crippen molar-refractivity contribution < 1.29 is 36.9 Å². The Morgan fingerprint density at radius 2 is 1.74 bits per heavy atom. The number of rotatable bonds is 14. The Hall–Kier alpha value is -2.88. The monoisotopic (exact) mass is 601 g/mol. The predicted octanol–water partition coefficient (Wildman–Crippen LogP) is 6.47. The minimum absolute atomic E-state index is 0.0459. The molecule has 0 unspecified atom stereocenters. The molecular formula is C34H42F3NO5. The molecule has 6 nitrogen and oxygen atoms in total. The van der Waals surface area contributed by atoms with Crippen molar-refractivity contribution in [1.82, 2.24) is 4.90 Å². The van der Waals surface area contributed by atoms with Gasteiger partial charge in [0.15, 0.2) is 0 Å². The molecule has 0 spiro atoms. The molecule has 1 saturated carbocycles. The van der Waals surface area contributed by atoms with Crippen molar-refractivity contribution in [2.75, 3.05) is 46.2 Å². The van der Waals surface area contributed by atoms with Gasteiger partial charge in [-0.3, -0.25) is 4.90 Å². The smallest absolute Gasteiger partial charge is 0.332 e. The summed E-state index contributed by atoms with van der Waals surface area (Å²) in [5.41, 5.74) is 2.70. The maximum Gasteiger partial charge on any atom is 0.332 e. The number of carbonyl (C=O) groups excluding carboxylic acids is 1. The summed E-state index contributed by atoms with van der Waals surface area (Å²) in [5, 5.41) is 0. The summed E-state index contributed by atoms with van der Waals surface area (Å²) in [6.07, 6.45) is 2.24. The lowest BCUT2D eigenvalue weighted by atomic mass is 9.84. The zero-order chi connectivity index (χ0) is 30.7. The van der Waals surface area contributed by atoms with E-state index in [-0.39, 0.29) is 49.7 Å². The summed E-state index contributed by atoms with van der Waals surface area (Å²) in [6.45, 7) is 8.51. The van der Waals surface area contributed by atoms with Gasteiger partial charge < -0.3 is 18.9 Å². The van der Waals surface area contributed by atoms with Crippen LogP contribution in [-0.2, 0) is 25.4 Å². The van der Waals surface area contributed by atoms with Crippen LogP contribution in [0.5, 0.6) is 5.75 Å². The van der Waals surface area contributed by atoms with Gasteiger partial charge in [-0.25, -0.2) is 18.0 Å². The maximum atomic E-state index is 15.8. The molecule has 3 aliphatic rings. The molecule has 2 aromatic rings. The van der Waals surface area contributed by atoms with Crippen molar-refractivity contribution >= 4 is 11.5 Å². The highest BCUT2D eigenvalue weighted by molar-refractivity contribution is 5.79. The van der Waals surface area contributed by atoms with Crippen molar-refractivity contribution in [2.45, 2.75) is 64.7 Å². The van der Waals surface area contributed by atoms with Crippen molar-refractivity contribution in [3.05, 3.63) is 70.3 Å². The van der Waals surface area contributed by atoms with Crippen LogP contribution in [-0.4, -0.2) is 68.8 Å². The van der Waals surface area contributed by atoms with Crippen LogP contribution in [0.3, 0.4) is 0 Å². The maximum absolute atomic E-state index is 15.8. The summed E-state index contributed by atoms with van der Waals surface area (Å²) in [6, 6.07) is 9.68. The largest absolute Gasteiger partial charge is 0.491 e. The van der Waals surface area contributed by atoms with Gasteiger partial charge in [0.25, 0.3) is 0 Å². The number of benzene rings is 2. The summed E-state index contributed by atoms with van der Waals surface area (Å²) in [7, 11) is 0. The van der Waals surface area contributed by atoms with E-state index in [9.17, 15) is 9.18 Å². The Kier molecular flexibility index (Phi) is 9.83. The van der Waals surface area contributed by atoms with Gasteiger partial charge >= 0.3 is 5.97 Å². The fourth-order valence-corrected chi connectivity index (χ4v) is 6.42. The van der Waals surface area contributed by atoms with Gasteiger partial charge in [-0.05, 0) is 81.1 Å². The molecule has 2 aliphatic carbocycles. The molecule has 0 radical (unpaired) electrons. The van der Waals surface area contributed by atoms with Crippen LogP contribution >= 0.6 is 0 Å². The van der Waals surface area contributed by atoms with Crippen molar-refractivity contribution in [2.24, 2.45) is 11.8 Å². The number of ether oxygens (including phenoxy) is 4. The SMILES string of the molecule is CCOC(=O)COC[C@@H]1C[C@@H]1COCCOc1cc(F)c([C@@H]2C3=C(C[C@@H](C)N2CC(C)(C)F)c2ccccc2C3)c(F)c1. The van der Waals surface area contributed by atoms with Gasteiger partial charge in [0.1, 0.15) is 36.3 Å². The van der Waals surface area contributed by atoms with E-state index in [1.54, 1.807) is 6.92 Å². The van der Waals surface area contributed by atoms with Crippen molar-refractivity contribution in [3.63, 3.8) is 0 Å². The molecule has 0 N–H and O–H groups in total. The van der Waals surface area contributed by atoms with Crippen LogP contribution in [0, 0.1) is 23.5 Å². The molecule has 1 heterocycles. The summed E-state index contributed by atoms with van der Waals surface area (Å²) < 4.78 is 68.2. The zero-order valence-electron chi connectivity index (χ0n) is 25.5. The van der Waals surface area contributed by atoms with Gasteiger partial charge in [0.05, 0.1) is 25.9 Å².